The van der Waals surface area contributed by atoms with Crippen molar-refractivity contribution in [1.82, 2.24) is 5.32 Å². The van der Waals surface area contributed by atoms with E-state index in [9.17, 15) is 4.39 Å². The second kappa shape index (κ2) is 6.59. The van der Waals surface area contributed by atoms with E-state index in [1.807, 2.05) is 26.0 Å². The molecular weight excluding hydrogens is 285 g/mol. The van der Waals surface area contributed by atoms with Crippen LogP contribution in [-0.4, -0.2) is 6.54 Å². The Bertz CT molecular complexity index is 652. The number of hydrogen-bond donors (Lipinski definition) is 1. The summed E-state index contributed by atoms with van der Waals surface area (Å²) in [6.07, 6.45) is 0. The number of nitrogens with one attached hydrogen (secondary N) is 1. The molecule has 1 nitrogen and oxygen atoms in total. The summed E-state index contributed by atoms with van der Waals surface area (Å²) in [6.45, 7) is 8.92. The van der Waals surface area contributed by atoms with Crippen molar-refractivity contribution in [2.24, 2.45) is 0 Å². The Balaban J connectivity index is 2.55. The lowest BCUT2D eigenvalue weighted by Crippen LogP contribution is -2.23. The maximum Gasteiger partial charge on any atom is 0.123 e. The van der Waals surface area contributed by atoms with Crippen LogP contribution in [0.2, 0.25) is 5.02 Å². The number of hydrogen-bond acceptors (Lipinski definition) is 1. The molecular formula is C18H21ClFN. The number of benzene rings is 2. The van der Waals surface area contributed by atoms with Gasteiger partial charge in [-0.1, -0.05) is 30.7 Å². The predicted octanol–water partition coefficient (Wildman–Crippen LogP) is 5.10. The highest BCUT2D eigenvalue weighted by Crippen LogP contribution is 2.31. The van der Waals surface area contributed by atoms with Gasteiger partial charge in [0.1, 0.15) is 5.82 Å². The first-order valence-corrected chi connectivity index (χ1v) is 7.58. The third-order valence-corrected chi connectivity index (χ3v) is 4.22. The number of rotatable bonds is 4. The fourth-order valence-corrected chi connectivity index (χ4v) is 2.89. The van der Waals surface area contributed by atoms with E-state index >= 15 is 0 Å². The molecule has 0 saturated heterocycles. The monoisotopic (exact) mass is 305 g/mol. The van der Waals surface area contributed by atoms with Gasteiger partial charge >= 0.3 is 0 Å². The molecule has 1 unspecified atom stereocenters. The van der Waals surface area contributed by atoms with Crippen LogP contribution in [0.15, 0.2) is 30.3 Å². The lowest BCUT2D eigenvalue weighted by molar-refractivity contribution is 0.608. The van der Waals surface area contributed by atoms with Gasteiger partial charge in [-0.25, -0.2) is 4.39 Å². The molecule has 0 bridgehead atoms. The molecule has 0 aliphatic heterocycles. The van der Waals surface area contributed by atoms with Crippen LogP contribution in [0.5, 0.6) is 0 Å². The summed E-state index contributed by atoms with van der Waals surface area (Å²) in [5.41, 5.74) is 5.43. The Morgan fingerprint density at radius 2 is 1.67 bits per heavy atom. The Morgan fingerprint density at radius 1 is 1.00 bits per heavy atom. The van der Waals surface area contributed by atoms with E-state index in [2.05, 4.69) is 25.2 Å². The summed E-state index contributed by atoms with van der Waals surface area (Å²) in [5, 5.41) is 4.28. The summed E-state index contributed by atoms with van der Waals surface area (Å²) >= 11 is 6.20. The van der Waals surface area contributed by atoms with E-state index in [1.54, 1.807) is 6.07 Å². The molecule has 0 heterocycles. The highest BCUT2D eigenvalue weighted by atomic mass is 35.5. The average Bonchev–Trinajstić information content (AvgIpc) is 2.41. The van der Waals surface area contributed by atoms with E-state index in [0.29, 0.717) is 0 Å². The van der Waals surface area contributed by atoms with Crippen LogP contribution in [0.4, 0.5) is 4.39 Å². The summed E-state index contributed by atoms with van der Waals surface area (Å²) in [6, 6.07) is 9.12. The molecule has 0 radical (unpaired) electrons. The van der Waals surface area contributed by atoms with Gasteiger partial charge in [0, 0.05) is 5.02 Å². The molecule has 0 fully saturated rings. The SMILES string of the molecule is CCNC(c1ccc(F)cc1C)c1cc(C)c(Cl)cc1C. The summed E-state index contributed by atoms with van der Waals surface area (Å²) in [7, 11) is 0. The lowest BCUT2D eigenvalue weighted by atomic mass is 9.91. The van der Waals surface area contributed by atoms with Crippen molar-refractivity contribution in [3.05, 3.63) is 69.0 Å². The Kier molecular flexibility index (Phi) is 5.02. The zero-order valence-corrected chi connectivity index (χ0v) is 13.7. The summed E-state index contributed by atoms with van der Waals surface area (Å²) < 4.78 is 13.4. The zero-order valence-electron chi connectivity index (χ0n) is 12.9. The van der Waals surface area contributed by atoms with Gasteiger partial charge in [-0.15, -0.1) is 0 Å². The standard InChI is InChI=1S/C18H21ClFN/c1-5-21-18(15-7-6-14(20)8-11(15)2)16-9-13(4)17(19)10-12(16)3/h6-10,18,21H,5H2,1-4H3. The topological polar surface area (TPSA) is 12.0 Å². The van der Waals surface area contributed by atoms with Crippen molar-refractivity contribution >= 4 is 11.6 Å². The molecule has 0 aliphatic carbocycles. The van der Waals surface area contributed by atoms with E-state index in [4.69, 9.17) is 11.6 Å². The highest BCUT2D eigenvalue weighted by molar-refractivity contribution is 6.31. The van der Waals surface area contributed by atoms with Gasteiger partial charge in [-0.3, -0.25) is 0 Å². The molecule has 2 aromatic rings. The number of halogens is 2. The second-order valence-corrected chi connectivity index (χ2v) is 5.86. The maximum absolute atomic E-state index is 13.4. The summed E-state index contributed by atoms with van der Waals surface area (Å²) in [5.74, 6) is -0.199. The minimum Gasteiger partial charge on any atom is -0.307 e. The van der Waals surface area contributed by atoms with Crippen LogP contribution < -0.4 is 5.32 Å². The van der Waals surface area contributed by atoms with Crippen molar-refractivity contribution in [2.75, 3.05) is 6.54 Å². The second-order valence-electron chi connectivity index (χ2n) is 5.45. The first-order chi connectivity index (χ1) is 9.93. The Hall–Kier alpha value is -1.38. The van der Waals surface area contributed by atoms with Crippen LogP contribution in [0.3, 0.4) is 0 Å². The highest BCUT2D eigenvalue weighted by Gasteiger charge is 2.18. The van der Waals surface area contributed by atoms with Gasteiger partial charge in [0.15, 0.2) is 0 Å². The van der Waals surface area contributed by atoms with Crippen molar-refractivity contribution in [3.8, 4) is 0 Å². The van der Waals surface area contributed by atoms with Crippen molar-refractivity contribution < 1.29 is 4.39 Å². The molecule has 112 valence electrons. The molecule has 2 rings (SSSR count). The van der Waals surface area contributed by atoms with Gasteiger partial charge in [-0.05, 0) is 73.3 Å². The zero-order chi connectivity index (χ0) is 15.6. The molecule has 2 aromatic carbocycles. The molecule has 1 N–H and O–H groups in total. The Morgan fingerprint density at radius 3 is 2.29 bits per heavy atom. The fourth-order valence-electron chi connectivity index (χ4n) is 2.67. The normalized spacial score (nSPS) is 12.5. The molecule has 0 aromatic heterocycles. The van der Waals surface area contributed by atoms with E-state index < -0.39 is 0 Å². The minimum atomic E-state index is -0.199. The van der Waals surface area contributed by atoms with Crippen LogP contribution in [0.1, 0.15) is 40.8 Å². The van der Waals surface area contributed by atoms with Gasteiger partial charge < -0.3 is 5.32 Å². The van der Waals surface area contributed by atoms with Gasteiger partial charge in [0.25, 0.3) is 0 Å². The van der Waals surface area contributed by atoms with Gasteiger partial charge in [0.05, 0.1) is 6.04 Å². The first-order valence-electron chi connectivity index (χ1n) is 7.20. The predicted molar refractivity (Wildman–Crippen MR) is 87.6 cm³/mol. The lowest BCUT2D eigenvalue weighted by Gasteiger charge is -2.23. The molecule has 21 heavy (non-hydrogen) atoms. The minimum absolute atomic E-state index is 0.0477. The van der Waals surface area contributed by atoms with Crippen molar-refractivity contribution in [2.45, 2.75) is 33.7 Å². The van der Waals surface area contributed by atoms with Crippen LogP contribution >= 0.6 is 11.6 Å². The molecule has 0 saturated carbocycles. The molecule has 0 aliphatic rings. The van der Waals surface area contributed by atoms with E-state index in [1.165, 1.54) is 11.6 Å². The van der Waals surface area contributed by atoms with Crippen molar-refractivity contribution in [1.29, 1.82) is 0 Å². The molecule has 0 spiro atoms. The number of aryl methyl sites for hydroxylation is 3. The van der Waals surface area contributed by atoms with Crippen LogP contribution in [-0.2, 0) is 0 Å². The quantitative estimate of drug-likeness (QED) is 0.828. The molecule has 3 heteroatoms. The third-order valence-electron chi connectivity index (χ3n) is 3.81. The van der Waals surface area contributed by atoms with Crippen LogP contribution in [0, 0.1) is 26.6 Å². The smallest absolute Gasteiger partial charge is 0.123 e. The van der Waals surface area contributed by atoms with Gasteiger partial charge in [-0.2, -0.15) is 0 Å². The van der Waals surface area contributed by atoms with Crippen molar-refractivity contribution in [3.63, 3.8) is 0 Å². The van der Waals surface area contributed by atoms with E-state index in [-0.39, 0.29) is 11.9 Å². The third kappa shape index (κ3) is 3.45. The fraction of sp³-hybridized carbons (Fsp3) is 0.333. The maximum atomic E-state index is 13.4. The molecule has 0 amide bonds. The van der Waals surface area contributed by atoms with Crippen LogP contribution in [0.25, 0.3) is 0 Å². The largest absolute Gasteiger partial charge is 0.307 e. The summed E-state index contributed by atoms with van der Waals surface area (Å²) in [4.78, 5) is 0. The average molecular weight is 306 g/mol. The van der Waals surface area contributed by atoms with Gasteiger partial charge in [0.2, 0.25) is 0 Å². The Labute approximate surface area is 131 Å². The molecule has 1 atom stereocenters. The van der Waals surface area contributed by atoms with E-state index in [0.717, 1.165) is 33.8 Å². The first kappa shape index (κ1) is 16.0.